The van der Waals surface area contributed by atoms with Gasteiger partial charge in [0.2, 0.25) is 5.91 Å². The maximum Gasteiger partial charge on any atom is 0.237 e. The summed E-state index contributed by atoms with van der Waals surface area (Å²) < 4.78 is 0. The third-order valence-corrected chi connectivity index (χ3v) is 3.73. The summed E-state index contributed by atoms with van der Waals surface area (Å²) in [5.74, 6) is 0.595. The molecule has 1 rings (SSSR count). The molecule has 1 aliphatic carbocycles. The SMILES string of the molecule is CCCC(C)NC(=O)C(C)NCC1CCC(O)C1. The van der Waals surface area contributed by atoms with Crippen molar-refractivity contribution in [2.75, 3.05) is 6.54 Å². The second-order valence-corrected chi connectivity index (χ2v) is 5.66. The van der Waals surface area contributed by atoms with Crippen LogP contribution < -0.4 is 10.6 Å². The second-order valence-electron chi connectivity index (χ2n) is 5.66. The summed E-state index contributed by atoms with van der Waals surface area (Å²) in [6.45, 7) is 6.89. The van der Waals surface area contributed by atoms with Gasteiger partial charge in [-0.25, -0.2) is 0 Å². The maximum atomic E-state index is 11.9. The molecule has 0 heterocycles. The molecule has 0 aromatic heterocycles. The van der Waals surface area contributed by atoms with Crippen LogP contribution in [0.4, 0.5) is 0 Å². The van der Waals surface area contributed by atoms with Gasteiger partial charge in [0.1, 0.15) is 0 Å². The van der Waals surface area contributed by atoms with Gasteiger partial charge in [-0.3, -0.25) is 4.79 Å². The Morgan fingerprint density at radius 2 is 2.11 bits per heavy atom. The standard InChI is InChI=1S/C14H28N2O2/c1-4-5-10(2)16-14(18)11(3)15-9-12-6-7-13(17)8-12/h10-13,15,17H,4-9H2,1-3H3,(H,16,18). The topological polar surface area (TPSA) is 61.4 Å². The zero-order chi connectivity index (χ0) is 13.5. The molecule has 1 fully saturated rings. The summed E-state index contributed by atoms with van der Waals surface area (Å²) in [4.78, 5) is 11.9. The van der Waals surface area contributed by atoms with E-state index in [1.54, 1.807) is 0 Å². The molecule has 0 saturated heterocycles. The molecule has 1 saturated carbocycles. The summed E-state index contributed by atoms with van der Waals surface area (Å²) in [6.07, 6.45) is 4.81. The van der Waals surface area contributed by atoms with Gasteiger partial charge in [-0.15, -0.1) is 0 Å². The molecule has 1 aliphatic rings. The molecule has 106 valence electrons. The van der Waals surface area contributed by atoms with Gasteiger partial charge >= 0.3 is 0 Å². The van der Waals surface area contributed by atoms with Gasteiger partial charge in [0.15, 0.2) is 0 Å². The molecule has 4 heteroatoms. The highest BCUT2D eigenvalue weighted by Crippen LogP contribution is 2.24. The van der Waals surface area contributed by atoms with E-state index >= 15 is 0 Å². The van der Waals surface area contributed by atoms with Gasteiger partial charge in [-0.1, -0.05) is 13.3 Å². The number of hydrogen-bond acceptors (Lipinski definition) is 3. The van der Waals surface area contributed by atoms with E-state index in [1.165, 1.54) is 0 Å². The van der Waals surface area contributed by atoms with Crippen molar-refractivity contribution in [2.45, 2.75) is 71.1 Å². The number of aliphatic hydroxyl groups excluding tert-OH is 1. The average Bonchev–Trinajstić information content (AvgIpc) is 2.72. The van der Waals surface area contributed by atoms with Crippen LogP contribution in [0, 0.1) is 5.92 Å². The number of aliphatic hydroxyl groups is 1. The van der Waals surface area contributed by atoms with Crippen LogP contribution in [0.15, 0.2) is 0 Å². The van der Waals surface area contributed by atoms with Gasteiger partial charge in [-0.2, -0.15) is 0 Å². The first kappa shape index (κ1) is 15.4. The van der Waals surface area contributed by atoms with E-state index < -0.39 is 0 Å². The van der Waals surface area contributed by atoms with Crippen molar-refractivity contribution >= 4 is 5.91 Å². The Hall–Kier alpha value is -0.610. The molecular weight excluding hydrogens is 228 g/mol. The highest BCUT2D eigenvalue weighted by molar-refractivity contribution is 5.81. The molecule has 3 N–H and O–H groups in total. The van der Waals surface area contributed by atoms with Gasteiger partial charge in [-0.05, 0) is 52.0 Å². The molecule has 0 bridgehead atoms. The quantitative estimate of drug-likeness (QED) is 0.646. The van der Waals surface area contributed by atoms with Crippen LogP contribution in [-0.2, 0) is 4.79 Å². The van der Waals surface area contributed by atoms with E-state index in [1.807, 2.05) is 13.8 Å². The minimum atomic E-state index is -0.151. The highest BCUT2D eigenvalue weighted by Gasteiger charge is 2.23. The number of carbonyl (C=O) groups excluding carboxylic acids is 1. The largest absolute Gasteiger partial charge is 0.393 e. The van der Waals surface area contributed by atoms with Gasteiger partial charge in [0, 0.05) is 6.04 Å². The lowest BCUT2D eigenvalue weighted by Gasteiger charge is -2.19. The van der Waals surface area contributed by atoms with Crippen LogP contribution >= 0.6 is 0 Å². The molecular formula is C14H28N2O2. The summed E-state index contributed by atoms with van der Waals surface area (Å²) in [6, 6.07) is 0.0992. The van der Waals surface area contributed by atoms with Crippen LogP contribution in [0.1, 0.15) is 52.9 Å². The van der Waals surface area contributed by atoms with Crippen molar-refractivity contribution < 1.29 is 9.90 Å². The Morgan fingerprint density at radius 1 is 1.39 bits per heavy atom. The minimum absolute atomic E-state index is 0.0782. The van der Waals surface area contributed by atoms with Gasteiger partial charge in [0.05, 0.1) is 12.1 Å². The molecule has 0 radical (unpaired) electrons. The first-order valence-electron chi connectivity index (χ1n) is 7.24. The number of rotatable bonds is 7. The van der Waals surface area contributed by atoms with E-state index in [2.05, 4.69) is 17.6 Å². The molecule has 1 amide bonds. The zero-order valence-electron chi connectivity index (χ0n) is 11.9. The zero-order valence-corrected chi connectivity index (χ0v) is 11.9. The van der Waals surface area contributed by atoms with Crippen LogP contribution in [0.5, 0.6) is 0 Å². The molecule has 0 spiro atoms. The smallest absolute Gasteiger partial charge is 0.237 e. The lowest BCUT2D eigenvalue weighted by molar-refractivity contribution is -0.123. The third kappa shape index (κ3) is 5.36. The fraction of sp³-hybridized carbons (Fsp3) is 0.929. The number of nitrogens with one attached hydrogen (secondary N) is 2. The Bertz CT molecular complexity index is 258. The van der Waals surface area contributed by atoms with E-state index in [4.69, 9.17) is 0 Å². The predicted octanol–water partition coefficient (Wildman–Crippen LogP) is 1.43. The lowest BCUT2D eigenvalue weighted by Crippen LogP contribution is -2.46. The molecule has 4 nitrogen and oxygen atoms in total. The Kier molecular flexibility index (Phi) is 6.65. The van der Waals surface area contributed by atoms with Crippen molar-refractivity contribution in [3.8, 4) is 0 Å². The van der Waals surface area contributed by atoms with Crippen molar-refractivity contribution in [1.29, 1.82) is 0 Å². The molecule has 4 atom stereocenters. The Balaban J connectivity index is 2.19. The van der Waals surface area contributed by atoms with Crippen molar-refractivity contribution in [1.82, 2.24) is 10.6 Å². The predicted molar refractivity (Wildman–Crippen MR) is 73.3 cm³/mol. The summed E-state index contributed by atoms with van der Waals surface area (Å²) in [7, 11) is 0. The van der Waals surface area contributed by atoms with Crippen LogP contribution in [-0.4, -0.2) is 35.7 Å². The van der Waals surface area contributed by atoms with E-state index in [-0.39, 0.29) is 24.1 Å². The van der Waals surface area contributed by atoms with E-state index in [0.717, 1.165) is 38.6 Å². The van der Waals surface area contributed by atoms with Crippen molar-refractivity contribution in [3.63, 3.8) is 0 Å². The Morgan fingerprint density at radius 3 is 2.67 bits per heavy atom. The number of hydrogen-bond donors (Lipinski definition) is 3. The fourth-order valence-corrected chi connectivity index (χ4v) is 2.54. The molecule has 0 aromatic rings. The average molecular weight is 256 g/mol. The lowest BCUT2D eigenvalue weighted by atomic mass is 10.1. The molecule has 4 unspecified atom stereocenters. The maximum absolute atomic E-state index is 11.9. The molecule has 18 heavy (non-hydrogen) atoms. The second kappa shape index (κ2) is 7.74. The fourth-order valence-electron chi connectivity index (χ4n) is 2.54. The number of amides is 1. The third-order valence-electron chi connectivity index (χ3n) is 3.73. The molecule has 0 aromatic carbocycles. The van der Waals surface area contributed by atoms with Crippen molar-refractivity contribution in [3.05, 3.63) is 0 Å². The summed E-state index contributed by atoms with van der Waals surface area (Å²) in [5, 5.41) is 15.7. The summed E-state index contributed by atoms with van der Waals surface area (Å²) in [5.41, 5.74) is 0. The highest BCUT2D eigenvalue weighted by atomic mass is 16.3. The number of carbonyl (C=O) groups is 1. The van der Waals surface area contributed by atoms with E-state index in [0.29, 0.717) is 5.92 Å². The minimum Gasteiger partial charge on any atom is -0.393 e. The normalized spacial score (nSPS) is 26.9. The van der Waals surface area contributed by atoms with Gasteiger partial charge in [0.25, 0.3) is 0 Å². The first-order chi connectivity index (χ1) is 8.52. The molecule has 0 aliphatic heterocycles. The Labute approximate surface area is 111 Å². The first-order valence-corrected chi connectivity index (χ1v) is 7.24. The van der Waals surface area contributed by atoms with Crippen molar-refractivity contribution in [2.24, 2.45) is 5.92 Å². The van der Waals surface area contributed by atoms with Crippen LogP contribution in [0.2, 0.25) is 0 Å². The van der Waals surface area contributed by atoms with Gasteiger partial charge < -0.3 is 15.7 Å². The summed E-state index contributed by atoms with van der Waals surface area (Å²) >= 11 is 0. The monoisotopic (exact) mass is 256 g/mol. The van der Waals surface area contributed by atoms with Crippen LogP contribution in [0.3, 0.4) is 0 Å². The van der Waals surface area contributed by atoms with Crippen LogP contribution in [0.25, 0.3) is 0 Å². The van der Waals surface area contributed by atoms with E-state index in [9.17, 15) is 9.90 Å².